The molecule has 0 aromatic heterocycles. The van der Waals surface area contributed by atoms with Crippen LogP contribution in [-0.2, 0) is 6.18 Å². The summed E-state index contributed by atoms with van der Waals surface area (Å²) in [6.45, 7) is 0.392. The largest absolute Gasteiger partial charge is 0.416 e. The molecule has 2 rings (SSSR count). The van der Waals surface area contributed by atoms with Crippen LogP contribution in [-0.4, -0.2) is 24.5 Å². The summed E-state index contributed by atoms with van der Waals surface area (Å²) in [5.41, 5.74) is 5.48. The van der Waals surface area contributed by atoms with E-state index in [1.165, 1.54) is 12.1 Å². The number of halogens is 3. The van der Waals surface area contributed by atoms with Crippen LogP contribution in [0.4, 0.5) is 18.9 Å². The van der Waals surface area contributed by atoms with E-state index in [-0.39, 0.29) is 0 Å². The molecule has 0 bridgehead atoms. The van der Waals surface area contributed by atoms with Crippen LogP contribution >= 0.6 is 0 Å². The maximum Gasteiger partial charge on any atom is 0.416 e. The molecule has 1 aliphatic heterocycles. The predicted molar refractivity (Wildman–Crippen MR) is 61.4 cm³/mol. The first-order valence-electron chi connectivity index (χ1n) is 5.19. The average molecular weight is 259 g/mol. The van der Waals surface area contributed by atoms with Crippen LogP contribution < -0.4 is 16.3 Å². The summed E-state index contributed by atoms with van der Waals surface area (Å²) in [5.74, 6) is 0.650. The van der Waals surface area contributed by atoms with Crippen molar-refractivity contribution >= 4 is 11.5 Å². The number of hydrogen-bond donors (Lipinski definition) is 3. The van der Waals surface area contributed by atoms with Crippen molar-refractivity contribution in [3.63, 3.8) is 0 Å². The molecule has 0 amide bonds. The van der Waals surface area contributed by atoms with E-state index >= 15 is 0 Å². The summed E-state index contributed by atoms with van der Waals surface area (Å²) in [6, 6.07) is 4.85. The average Bonchev–Trinajstić information content (AvgIpc) is 2.72. The van der Waals surface area contributed by atoms with Crippen molar-refractivity contribution in [1.82, 2.24) is 16.1 Å². The van der Waals surface area contributed by atoms with Crippen LogP contribution in [0.3, 0.4) is 0 Å². The second-order valence-corrected chi connectivity index (χ2v) is 3.76. The Morgan fingerprint density at radius 2 is 1.94 bits per heavy atom. The topological polar surface area (TPSA) is 51.7 Å². The molecule has 0 radical (unpaired) electrons. The van der Waals surface area contributed by atoms with Gasteiger partial charge < -0.3 is 5.32 Å². The summed E-state index contributed by atoms with van der Waals surface area (Å²) in [7, 11) is 1.74. The first-order valence-corrected chi connectivity index (χ1v) is 5.19. The standard InChI is InChI=1S/C10H12F3N5/c1-18-16-9(15-17-18)6-14-8-4-2-7(3-5-8)10(11,12)13/h2-5,14,17H,6H2,1H3,(H,15,16). The van der Waals surface area contributed by atoms with E-state index in [0.717, 1.165) is 12.1 Å². The van der Waals surface area contributed by atoms with Crippen molar-refractivity contribution in [2.45, 2.75) is 6.18 Å². The van der Waals surface area contributed by atoms with Gasteiger partial charge in [0.05, 0.1) is 12.1 Å². The number of nitrogens with zero attached hydrogens (tertiary/aromatic N) is 2. The van der Waals surface area contributed by atoms with Gasteiger partial charge in [-0.2, -0.15) is 13.2 Å². The van der Waals surface area contributed by atoms with E-state index in [1.807, 2.05) is 0 Å². The highest BCUT2D eigenvalue weighted by atomic mass is 19.4. The zero-order chi connectivity index (χ0) is 13.2. The van der Waals surface area contributed by atoms with Crippen LogP contribution in [0, 0.1) is 0 Å². The van der Waals surface area contributed by atoms with Crippen molar-refractivity contribution in [1.29, 1.82) is 0 Å². The maximum atomic E-state index is 12.3. The molecule has 0 atom stereocenters. The Hall–Kier alpha value is -1.96. The van der Waals surface area contributed by atoms with Crippen molar-refractivity contribution < 1.29 is 13.2 Å². The van der Waals surface area contributed by atoms with E-state index in [1.54, 1.807) is 12.2 Å². The monoisotopic (exact) mass is 259 g/mol. The van der Waals surface area contributed by atoms with E-state index in [2.05, 4.69) is 21.4 Å². The first kappa shape index (κ1) is 12.5. The fourth-order valence-electron chi connectivity index (χ4n) is 1.42. The lowest BCUT2D eigenvalue weighted by Gasteiger charge is -2.10. The molecular weight excluding hydrogens is 247 g/mol. The zero-order valence-corrected chi connectivity index (χ0v) is 9.54. The molecule has 0 saturated carbocycles. The van der Waals surface area contributed by atoms with Gasteiger partial charge in [-0.25, -0.2) is 5.53 Å². The Morgan fingerprint density at radius 1 is 1.28 bits per heavy atom. The summed E-state index contributed by atoms with van der Waals surface area (Å²) >= 11 is 0. The van der Waals surface area contributed by atoms with Crippen LogP contribution in [0.15, 0.2) is 29.4 Å². The summed E-state index contributed by atoms with van der Waals surface area (Å²) in [4.78, 5) is 0. The van der Waals surface area contributed by atoms with E-state index in [9.17, 15) is 13.2 Å². The number of hydrogen-bond acceptors (Lipinski definition) is 5. The Labute approximate surface area is 102 Å². The molecular formula is C10H12F3N5. The number of amidine groups is 1. The molecule has 1 heterocycles. The van der Waals surface area contributed by atoms with Crippen molar-refractivity contribution in [3.8, 4) is 0 Å². The van der Waals surface area contributed by atoms with Crippen LogP contribution in [0.5, 0.6) is 0 Å². The number of benzene rings is 1. The lowest BCUT2D eigenvalue weighted by atomic mass is 10.2. The summed E-state index contributed by atoms with van der Waals surface area (Å²) in [5, 5.41) is 8.45. The van der Waals surface area contributed by atoms with Gasteiger partial charge in [0.2, 0.25) is 0 Å². The molecule has 1 aromatic rings. The zero-order valence-electron chi connectivity index (χ0n) is 9.54. The molecule has 0 aliphatic carbocycles. The molecule has 0 unspecified atom stereocenters. The van der Waals surface area contributed by atoms with Crippen LogP contribution in [0.25, 0.3) is 0 Å². The van der Waals surface area contributed by atoms with Crippen molar-refractivity contribution in [2.75, 3.05) is 18.9 Å². The van der Waals surface area contributed by atoms with Crippen molar-refractivity contribution in [2.24, 2.45) is 5.10 Å². The fraction of sp³-hybridized carbons (Fsp3) is 0.300. The molecule has 0 spiro atoms. The van der Waals surface area contributed by atoms with Gasteiger partial charge in [0.15, 0.2) is 5.84 Å². The molecule has 1 aromatic carbocycles. The highest BCUT2D eigenvalue weighted by Gasteiger charge is 2.29. The Bertz CT molecular complexity index is 440. The summed E-state index contributed by atoms with van der Waals surface area (Å²) < 4.78 is 37.0. The van der Waals surface area contributed by atoms with Crippen molar-refractivity contribution in [3.05, 3.63) is 29.8 Å². The molecule has 3 N–H and O–H groups in total. The molecule has 0 fully saturated rings. The number of hydrazine groups is 2. The van der Waals surface area contributed by atoms with E-state index < -0.39 is 11.7 Å². The Kier molecular flexibility index (Phi) is 3.28. The third kappa shape index (κ3) is 3.04. The lowest BCUT2D eigenvalue weighted by molar-refractivity contribution is -0.137. The minimum Gasteiger partial charge on any atom is -0.378 e. The SMILES string of the molecule is CN1NN=C(CNc2ccc(C(F)(F)F)cc2)N1. The molecule has 5 nitrogen and oxygen atoms in total. The molecule has 0 saturated heterocycles. The quantitative estimate of drug-likeness (QED) is 0.767. The van der Waals surface area contributed by atoms with Gasteiger partial charge in [-0.1, -0.05) is 0 Å². The van der Waals surface area contributed by atoms with E-state index in [0.29, 0.717) is 18.1 Å². The third-order valence-corrected chi connectivity index (χ3v) is 2.30. The highest BCUT2D eigenvalue weighted by Crippen LogP contribution is 2.29. The van der Waals surface area contributed by atoms with Gasteiger partial charge in [0, 0.05) is 12.7 Å². The number of alkyl halides is 3. The van der Waals surface area contributed by atoms with Gasteiger partial charge in [0.25, 0.3) is 0 Å². The molecule has 1 aliphatic rings. The van der Waals surface area contributed by atoms with Crippen LogP contribution in [0.1, 0.15) is 5.56 Å². The predicted octanol–water partition coefficient (Wildman–Crippen LogP) is 1.39. The third-order valence-electron chi connectivity index (χ3n) is 2.30. The Balaban J connectivity index is 1.91. The normalized spacial score (nSPS) is 15.9. The maximum absolute atomic E-state index is 12.3. The van der Waals surface area contributed by atoms with Gasteiger partial charge in [-0.15, -0.1) is 10.2 Å². The fourth-order valence-corrected chi connectivity index (χ4v) is 1.42. The molecule has 98 valence electrons. The van der Waals surface area contributed by atoms with Gasteiger partial charge in [0.1, 0.15) is 0 Å². The highest BCUT2D eigenvalue weighted by molar-refractivity contribution is 5.86. The smallest absolute Gasteiger partial charge is 0.378 e. The van der Waals surface area contributed by atoms with E-state index in [4.69, 9.17) is 0 Å². The number of nitrogens with one attached hydrogen (secondary N) is 3. The number of anilines is 1. The number of rotatable bonds is 3. The molecule has 18 heavy (non-hydrogen) atoms. The summed E-state index contributed by atoms with van der Waals surface area (Å²) in [6.07, 6.45) is -4.30. The Morgan fingerprint density at radius 3 is 2.44 bits per heavy atom. The van der Waals surface area contributed by atoms with Gasteiger partial charge >= 0.3 is 6.18 Å². The lowest BCUT2D eigenvalue weighted by Crippen LogP contribution is -2.39. The van der Waals surface area contributed by atoms with Gasteiger partial charge in [-0.3, -0.25) is 5.43 Å². The number of hydrazone groups is 1. The van der Waals surface area contributed by atoms with Crippen LogP contribution in [0.2, 0.25) is 0 Å². The second kappa shape index (κ2) is 4.73. The van der Waals surface area contributed by atoms with Gasteiger partial charge in [-0.05, 0) is 24.3 Å². The first-order chi connectivity index (χ1) is 8.45. The minimum atomic E-state index is -4.30. The second-order valence-electron chi connectivity index (χ2n) is 3.76. The minimum absolute atomic E-state index is 0.392. The molecule has 8 heteroatoms.